The van der Waals surface area contributed by atoms with E-state index in [0.29, 0.717) is 24.6 Å². The van der Waals surface area contributed by atoms with Crippen molar-refractivity contribution in [1.29, 1.82) is 0 Å². The minimum Gasteiger partial charge on any atom is -0.396 e. The largest absolute Gasteiger partial charge is 0.396 e. The van der Waals surface area contributed by atoms with E-state index in [1.54, 1.807) is 6.92 Å². The highest BCUT2D eigenvalue weighted by atomic mass is 32.2. The van der Waals surface area contributed by atoms with Crippen LogP contribution in [0, 0.1) is 18.7 Å². The Morgan fingerprint density at radius 3 is 2.58 bits per heavy atom. The second-order valence-corrected chi connectivity index (χ2v) is 6.94. The van der Waals surface area contributed by atoms with Crippen molar-refractivity contribution >= 4 is 15.7 Å². The van der Waals surface area contributed by atoms with Gasteiger partial charge in [0, 0.05) is 13.1 Å². The summed E-state index contributed by atoms with van der Waals surface area (Å²) in [5.74, 6) is -0.116. The smallest absolute Gasteiger partial charge is 0.243 e. The number of hydrogen-bond donors (Lipinski definition) is 1. The molecule has 0 spiro atoms. The number of benzene rings is 1. The molecule has 2 rings (SSSR count). The van der Waals surface area contributed by atoms with Gasteiger partial charge in [-0.15, -0.1) is 0 Å². The van der Waals surface area contributed by atoms with Crippen LogP contribution in [0.4, 0.5) is 10.1 Å². The van der Waals surface area contributed by atoms with Crippen LogP contribution in [0.5, 0.6) is 0 Å². The average Bonchev–Trinajstić information content (AvgIpc) is 3.14. The van der Waals surface area contributed by atoms with Crippen LogP contribution in [0.3, 0.4) is 0 Å². The number of nitrogen functional groups attached to an aromatic ring is 1. The predicted octanol–water partition coefficient (Wildman–Crippen LogP) is 2.14. The number of rotatable bonds is 5. The Bertz CT molecular complexity index is 583. The molecule has 1 aliphatic carbocycles. The van der Waals surface area contributed by atoms with E-state index < -0.39 is 15.8 Å². The van der Waals surface area contributed by atoms with Gasteiger partial charge in [0.25, 0.3) is 0 Å². The van der Waals surface area contributed by atoms with Gasteiger partial charge in [-0.3, -0.25) is 0 Å². The molecule has 0 aliphatic heterocycles. The molecule has 1 aromatic rings. The van der Waals surface area contributed by atoms with Gasteiger partial charge in [0.15, 0.2) is 0 Å². The van der Waals surface area contributed by atoms with Crippen LogP contribution in [0.15, 0.2) is 17.0 Å². The van der Waals surface area contributed by atoms with Crippen LogP contribution in [-0.4, -0.2) is 25.8 Å². The van der Waals surface area contributed by atoms with E-state index in [9.17, 15) is 12.8 Å². The number of halogens is 1. The SMILES string of the molecule is CCN(CC1CC1)S(=O)(=O)c1cc(N)c(F)cc1C. The van der Waals surface area contributed by atoms with Crippen molar-refractivity contribution in [3.05, 3.63) is 23.5 Å². The summed E-state index contributed by atoms with van der Waals surface area (Å²) < 4.78 is 39.9. The Labute approximate surface area is 113 Å². The fourth-order valence-corrected chi connectivity index (χ4v) is 3.84. The van der Waals surface area contributed by atoms with E-state index in [0.717, 1.165) is 12.8 Å². The first-order valence-electron chi connectivity index (χ1n) is 6.42. The maximum atomic E-state index is 13.3. The maximum absolute atomic E-state index is 13.3. The molecule has 1 aromatic carbocycles. The van der Waals surface area contributed by atoms with Crippen LogP contribution in [0.25, 0.3) is 0 Å². The van der Waals surface area contributed by atoms with Crippen molar-refractivity contribution in [3.63, 3.8) is 0 Å². The molecular formula is C13H19FN2O2S. The van der Waals surface area contributed by atoms with Crippen LogP contribution in [0.1, 0.15) is 25.3 Å². The summed E-state index contributed by atoms with van der Waals surface area (Å²) in [4.78, 5) is 0.105. The fraction of sp³-hybridized carbons (Fsp3) is 0.538. The minimum absolute atomic E-state index is 0.105. The highest BCUT2D eigenvalue weighted by molar-refractivity contribution is 7.89. The normalized spacial score (nSPS) is 16.0. The quantitative estimate of drug-likeness (QED) is 0.843. The van der Waals surface area contributed by atoms with Crippen molar-refractivity contribution in [2.24, 2.45) is 5.92 Å². The number of nitrogens with two attached hydrogens (primary N) is 1. The van der Waals surface area contributed by atoms with Crippen molar-refractivity contribution in [1.82, 2.24) is 4.31 Å². The molecule has 19 heavy (non-hydrogen) atoms. The molecule has 0 unspecified atom stereocenters. The Balaban J connectivity index is 2.39. The van der Waals surface area contributed by atoms with Gasteiger partial charge in [-0.2, -0.15) is 4.31 Å². The van der Waals surface area contributed by atoms with Crippen molar-refractivity contribution in [3.8, 4) is 0 Å². The summed E-state index contributed by atoms with van der Waals surface area (Å²) in [6.07, 6.45) is 2.16. The van der Waals surface area contributed by atoms with Crippen LogP contribution in [0.2, 0.25) is 0 Å². The van der Waals surface area contributed by atoms with Gasteiger partial charge < -0.3 is 5.73 Å². The first-order valence-corrected chi connectivity index (χ1v) is 7.86. The topological polar surface area (TPSA) is 63.4 Å². The van der Waals surface area contributed by atoms with E-state index in [1.165, 1.54) is 16.4 Å². The van der Waals surface area contributed by atoms with E-state index >= 15 is 0 Å². The molecule has 1 aliphatic rings. The third kappa shape index (κ3) is 2.90. The number of hydrogen-bond acceptors (Lipinski definition) is 3. The lowest BCUT2D eigenvalue weighted by Gasteiger charge is -2.21. The highest BCUT2D eigenvalue weighted by Gasteiger charge is 2.31. The molecule has 2 N–H and O–H groups in total. The number of sulfonamides is 1. The zero-order valence-corrected chi connectivity index (χ0v) is 12.0. The van der Waals surface area contributed by atoms with Gasteiger partial charge in [0.05, 0.1) is 10.6 Å². The van der Waals surface area contributed by atoms with E-state index in [1.807, 2.05) is 6.92 Å². The van der Waals surface area contributed by atoms with Gasteiger partial charge in [-0.05, 0) is 43.4 Å². The van der Waals surface area contributed by atoms with Gasteiger partial charge in [-0.25, -0.2) is 12.8 Å². The van der Waals surface area contributed by atoms with Crippen molar-refractivity contribution < 1.29 is 12.8 Å². The fourth-order valence-electron chi connectivity index (χ4n) is 2.07. The molecule has 0 aromatic heterocycles. The lowest BCUT2D eigenvalue weighted by atomic mass is 10.2. The summed E-state index contributed by atoms with van der Waals surface area (Å²) in [6, 6.07) is 2.39. The van der Waals surface area contributed by atoms with E-state index in [2.05, 4.69) is 0 Å². The Morgan fingerprint density at radius 1 is 1.42 bits per heavy atom. The summed E-state index contributed by atoms with van der Waals surface area (Å²) >= 11 is 0. The molecule has 1 fully saturated rings. The summed E-state index contributed by atoms with van der Waals surface area (Å²) in [6.45, 7) is 4.34. The average molecular weight is 286 g/mol. The Kier molecular flexibility index (Phi) is 3.82. The molecule has 0 radical (unpaired) electrons. The molecule has 4 nitrogen and oxygen atoms in total. The number of aryl methyl sites for hydroxylation is 1. The predicted molar refractivity (Wildman–Crippen MR) is 72.7 cm³/mol. The van der Waals surface area contributed by atoms with Crippen LogP contribution < -0.4 is 5.73 Å². The lowest BCUT2D eigenvalue weighted by Crippen LogP contribution is -2.33. The van der Waals surface area contributed by atoms with Gasteiger partial charge in [-0.1, -0.05) is 6.92 Å². The van der Waals surface area contributed by atoms with Gasteiger partial charge in [0.2, 0.25) is 10.0 Å². The summed E-state index contributed by atoms with van der Waals surface area (Å²) in [7, 11) is -3.59. The first kappa shape index (κ1) is 14.3. The molecule has 0 amide bonds. The zero-order chi connectivity index (χ0) is 14.2. The molecule has 106 valence electrons. The molecule has 0 bridgehead atoms. The molecule has 0 heterocycles. The highest BCUT2D eigenvalue weighted by Crippen LogP contribution is 2.32. The third-order valence-electron chi connectivity index (χ3n) is 3.42. The van der Waals surface area contributed by atoms with Crippen LogP contribution >= 0.6 is 0 Å². The standard InChI is InChI=1S/C13H19FN2O2S/c1-3-16(8-10-4-5-10)19(17,18)13-7-12(15)11(14)6-9(13)2/h6-7,10H,3-5,8,15H2,1-2H3. The second kappa shape index (κ2) is 5.09. The van der Waals surface area contributed by atoms with Gasteiger partial charge in [0.1, 0.15) is 5.82 Å². The van der Waals surface area contributed by atoms with Crippen molar-refractivity contribution in [2.75, 3.05) is 18.8 Å². The van der Waals surface area contributed by atoms with E-state index in [-0.39, 0.29) is 10.6 Å². The number of nitrogens with zero attached hydrogens (tertiary/aromatic N) is 1. The molecular weight excluding hydrogens is 267 g/mol. The monoisotopic (exact) mass is 286 g/mol. The zero-order valence-electron chi connectivity index (χ0n) is 11.2. The minimum atomic E-state index is -3.59. The lowest BCUT2D eigenvalue weighted by molar-refractivity contribution is 0.411. The first-order chi connectivity index (χ1) is 8.86. The Morgan fingerprint density at radius 2 is 2.05 bits per heavy atom. The third-order valence-corrected chi connectivity index (χ3v) is 5.51. The van der Waals surface area contributed by atoms with Crippen molar-refractivity contribution in [2.45, 2.75) is 31.6 Å². The maximum Gasteiger partial charge on any atom is 0.243 e. The molecule has 0 atom stereocenters. The second-order valence-electron chi connectivity index (χ2n) is 5.04. The van der Waals surface area contributed by atoms with E-state index in [4.69, 9.17) is 5.73 Å². The van der Waals surface area contributed by atoms with Crippen LogP contribution in [-0.2, 0) is 10.0 Å². The molecule has 1 saturated carbocycles. The Hall–Kier alpha value is -1.14. The summed E-state index contributed by atoms with van der Waals surface area (Å²) in [5.41, 5.74) is 5.74. The molecule has 6 heteroatoms. The molecule has 0 saturated heterocycles. The van der Waals surface area contributed by atoms with Gasteiger partial charge >= 0.3 is 0 Å². The number of anilines is 1. The summed E-state index contributed by atoms with van der Waals surface area (Å²) in [5, 5.41) is 0.